The molecule has 0 aromatic rings. The SMILES string of the molecule is C/C=[PH](/C)F. The van der Waals surface area contributed by atoms with E-state index in [2.05, 4.69) is 0 Å². The molecule has 1 atom stereocenters. The van der Waals surface area contributed by atoms with Crippen LogP contribution in [0.25, 0.3) is 0 Å². The summed E-state index contributed by atoms with van der Waals surface area (Å²) in [6.45, 7) is 3.35. The lowest BCUT2D eigenvalue weighted by molar-refractivity contribution is 0.920. The van der Waals surface area contributed by atoms with Gasteiger partial charge < -0.3 is 0 Å². The molecule has 0 nitrogen and oxygen atoms in total. The van der Waals surface area contributed by atoms with Gasteiger partial charge in [-0.05, 0) is 13.6 Å². The Morgan fingerprint density at radius 1 is 1.80 bits per heavy atom. The Hall–Kier alpha value is 0.230. The van der Waals surface area contributed by atoms with Crippen molar-refractivity contribution in [3.63, 3.8) is 0 Å². The van der Waals surface area contributed by atoms with Crippen LogP contribution in [0.1, 0.15) is 6.92 Å². The molecule has 0 aliphatic rings. The molecule has 0 fully saturated rings. The van der Waals surface area contributed by atoms with Crippen molar-refractivity contribution in [1.29, 1.82) is 0 Å². The van der Waals surface area contributed by atoms with Crippen LogP contribution in [0.5, 0.6) is 0 Å². The minimum atomic E-state index is -1.50. The van der Waals surface area contributed by atoms with Crippen LogP contribution >= 0.6 is 7.86 Å². The van der Waals surface area contributed by atoms with Gasteiger partial charge in [-0.1, -0.05) is 5.80 Å². The average Bonchev–Trinajstić information content (AvgIpc) is 1.38. The zero-order chi connectivity index (χ0) is 4.28. The van der Waals surface area contributed by atoms with E-state index in [0.717, 1.165) is 0 Å². The zero-order valence-corrected chi connectivity index (χ0v) is 4.46. The van der Waals surface area contributed by atoms with Crippen molar-refractivity contribution in [3.05, 3.63) is 0 Å². The van der Waals surface area contributed by atoms with Gasteiger partial charge in [-0.25, -0.2) is 4.20 Å². The highest BCUT2D eigenvalue weighted by molar-refractivity contribution is 7.50. The third kappa shape index (κ3) is 4.23. The molecule has 0 aromatic heterocycles. The molecule has 0 bridgehead atoms. The summed E-state index contributed by atoms with van der Waals surface area (Å²) in [7, 11) is -1.50. The van der Waals surface area contributed by atoms with Gasteiger partial charge in [0.1, 0.15) is 0 Å². The van der Waals surface area contributed by atoms with E-state index in [4.69, 9.17) is 0 Å². The van der Waals surface area contributed by atoms with Crippen molar-refractivity contribution >= 4 is 13.7 Å². The molecule has 0 aliphatic heterocycles. The number of hydrogen-bond donors (Lipinski definition) is 0. The van der Waals surface area contributed by atoms with Crippen molar-refractivity contribution < 1.29 is 4.20 Å². The molecule has 0 aliphatic carbocycles. The van der Waals surface area contributed by atoms with Crippen LogP contribution in [0.15, 0.2) is 0 Å². The van der Waals surface area contributed by atoms with Crippen LogP contribution in [0, 0.1) is 0 Å². The van der Waals surface area contributed by atoms with Gasteiger partial charge in [0, 0.05) is 7.86 Å². The highest BCUT2D eigenvalue weighted by Crippen LogP contribution is 2.14. The van der Waals surface area contributed by atoms with E-state index in [1.807, 2.05) is 0 Å². The average molecular weight is 94.1 g/mol. The lowest BCUT2D eigenvalue weighted by Gasteiger charge is -1.71. The molecular weight excluding hydrogens is 86.0 g/mol. The van der Waals surface area contributed by atoms with Gasteiger partial charge >= 0.3 is 0 Å². The van der Waals surface area contributed by atoms with Crippen LogP contribution in [0.4, 0.5) is 4.20 Å². The fraction of sp³-hybridized carbons (Fsp3) is 0.667. The molecule has 0 spiro atoms. The molecule has 1 unspecified atom stereocenters. The summed E-state index contributed by atoms with van der Waals surface area (Å²) in [4.78, 5) is 0. The predicted octanol–water partition coefficient (Wildman–Crippen LogP) is 1.54. The van der Waals surface area contributed by atoms with E-state index in [0.29, 0.717) is 0 Å². The lowest BCUT2D eigenvalue weighted by Crippen LogP contribution is -1.44. The van der Waals surface area contributed by atoms with Crippen molar-refractivity contribution in [2.75, 3.05) is 6.66 Å². The van der Waals surface area contributed by atoms with Gasteiger partial charge in [-0.15, -0.1) is 0 Å². The summed E-state index contributed by atoms with van der Waals surface area (Å²) < 4.78 is 11.5. The molecule has 0 aromatic carbocycles. The van der Waals surface area contributed by atoms with Gasteiger partial charge in [0.25, 0.3) is 0 Å². The quantitative estimate of drug-likeness (QED) is 0.399. The maximum atomic E-state index is 11.5. The minimum absolute atomic E-state index is 1.50. The summed E-state index contributed by atoms with van der Waals surface area (Å²) in [6, 6.07) is 0. The van der Waals surface area contributed by atoms with Crippen LogP contribution in [-0.4, -0.2) is 12.5 Å². The Kier molecular flexibility index (Phi) is 2.58. The predicted molar refractivity (Wildman–Crippen MR) is 27.1 cm³/mol. The van der Waals surface area contributed by atoms with E-state index in [9.17, 15) is 4.20 Å². The first kappa shape index (κ1) is 5.23. The van der Waals surface area contributed by atoms with Crippen molar-refractivity contribution in [2.24, 2.45) is 0 Å². The lowest BCUT2D eigenvalue weighted by atomic mass is 11.0. The molecule has 0 amide bonds. The molecule has 0 saturated carbocycles. The van der Waals surface area contributed by atoms with E-state index in [1.165, 1.54) is 0 Å². The normalized spacial score (nSPS) is 15.8. The second-order valence-corrected chi connectivity index (χ2v) is 2.63. The first-order valence-electron chi connectivity index (χ1n) is 1.56. The fourth-order valence-electron chi connectivity index (χ4n) is 0. The third-order valence-corrected chi connectivity index (χ3v) is 1.19. The molecule has 2 heteroatoms. The van der Waals surface area contributed by atoms with Gasteiger partial charge in [0.15, 0.2) is 0 Å². The summed E-state index contributed by atoms with van der Waals surface area (Å²) in [6.07, 6.45) is 0. The molecular formula is C3H8FP. The molecule has 0 heterocycles. The molecule has 0 saturated heterocycles. The molecule has 32 valence electrons. The van der Waals surface area contributed by atoms with Gasteiger partial charge in [0.05, 0.1) is 0 Å². The Bertz CT molecular complexity index is 44.9. The number of rotatable bonds is 0. The van der Waals surface area contributed by atoms with E-state index in [1.54, 1.807) is 19.4 Å². The largest absolute Gasteiger partial charge is 0.234 e. The van der Waals surface area contributed by atoms with E-state index >= 15 is 0 Å². The fourth-order valence-corrected chi connectivity index (χ4v) is 0. The summed E-state index contributed by atoms with van der Waals surface area (Å²) in [5.41, 5.74) is 0. The minimum Gasteiger partial charge on any atom is -0.234 e. The van der Waals surface area contributed by atoms with Crippen LogP contribution in [-0.2, 0) is 0 Å². The number of halogens is 1. The maximum Gasteiger partial charge on any atom is 0.0373 e. The number of hydrogen-bond acceptors (Lipinski definition) is 0. The van der Waals surface area contributed by atoms with Crippen LogP contribution in [0.3, 0.4) is 0 Å². The summed E-state index contributed by atoms with van der Waals surface area (Å²) in [5.74, 6) is 1.60. The first-order valence-corrected chi connectivity index (χ1v) is 3.51. The summed E-state index contributed by atoms with van der Waals surface area (Å²) >= 11 is 0. The van der Waals surface area contributed by atoms with Gasteiger partial charge in [-0.3, -0.25) is 0 Å². The topological polar surface area (TPSA) is 0 Å². The molecule has 5 heavy (non-hydrogen) atoms. The van der Waals surface area contributed by atoms with E-state index < -0.39 is 7.86 Å². The monoisotopic (exact) mass is 94.0 g/mol. The standard InChI is InChI=1S/C3H8FP/c1-3-5(2)4/h3,5H,1-2H3. The highest BCUT2D eigenvalue weighted by Gasteiger charge is 1.63. The second kappa shape index (κ2) is 2.47. The van der Waals surface area contributed by atoms with Gasteiger partial charge in [0.2, 0.25) is 0 Å². The third-order valence-electron chi connectivity index (χ3n) is 0.398. The van der Waals surface area contributed by atoms with Gasteiger partial charge in [-0.2, -0.15) is 0 Å². The Labute approximate surface area is 32.5 Å². The Morgan fingerprint density at radius 2 is 2.00 bits per heavy atom. The van der Waals surface area contributed by atoms with Crippen molar-refractivity contribution in [2.45, 2.75) is 6.92 Å². The first-order chi connectivity index (χ1) is 2.27. The smallest absolute Gasteiger partial charge is 0.0373 e. The maximum absolute atomic E-state index is 11.5. The van der Waals surface area contributed by atoms with Crippen LogP contribution in [0.2, 0.25) is 0 Å². The highest BCUT2D eigenvalue weighted by atomic mass is 31.1. The summed E-state index contributed by atoms with van der Waals surface area (Å²) in [5, 5.41) is 0. The van der Waals surface area contributed by atoms with Crippen molar-refractivity contribution in [3.8, 4) is 0 Å². The van der Waals surface area contributed by atoms with E-state index in [-0.39, 0.29) is 0 Å². The zero-order valence-electron chi connectivity index (χ0n) is 3.46. The second-order valence-electron chi connectivity index (χ2n) is 0.875. The molecule has 0 rings (SSSR count). The Morgan fingerprint density at radius 3 is 2.00 bits per heavy atom. The van der Waals surface area contributed by atoms with Crippen LogP contribution < -0.4 is 0 Å². The Balaban J connectivity index is 3.14. The van der Waals surface area contributed by atoms with Crippen molar-refractivity contribution in [1.82, 2.24) is 0 Å². The molecule has 0 radical (unpaired) electrons. The molecule has 0 N–H and O–H groups in total.